The van der Waals surface area contributed by atoms with Crippen LogP contribution >= 0.6 is 12.4 Å². The number of halogens is 1. The van der Waals surface area contributed by atoms with E-state index in [2.05, 4.69) is 42.5 Å². The lowest BCUT2D eigenvalue weighted by Gasteiger charge is -2.40. The topological polar surface area (TPSA) is 55.6 Å². The highest BCUT2D eigenvalue weighted by molar-refractivity contribution is 5.87. The molecule has 2 aliphatic rings. The summed E-state index contributed by atoms with van der Waals surface area (Å²) in [6.45, 7) is 2.78. The minimum Gasteiger partial charge on any atom is -0.381 e. The van der Waals surface area contributed by atoms with Crippen molar-refractivity contribution in [1.82, 2.24) is 4.90 Å². The van der Waals surface area contributed by atoms with Crippen LogP contribution in [-0.2, 0) is 9.53 Å². The largest absolute Gasteiger partial charge is 0.381 e. The number of hydrogen-bond donors (Lipinski definition) is 1. The second-order valence-electron chi connectivity index (χ2n) is 7.40. The molecule has 0 aromatic heterocycles. The summed E-state index contributed by atoms with van der Waals surface area (Å²) < 4.78 is 5.37. The maximum absolute atomic E-state index is 12.9. The number of nitrogens with two attached hydrogens (primary N) is 1. The highest BCUT2D eigenvalue weighted by Gasteiger charge is 2.40. The second-order valence-corrected chi connectivity index (χ2v) is 7.40. The first kappa shape index (κ1) is 19.2. The summed E-state index contributed by atoms with van der Waals surface area (Å²) in [5.41, 5.74) is 7.08. The van der Waals surface area contributed by atoms with Gasteiger partial charge < -0.3 is 15.4 Å². The lowest BCUT2D eigenvalue weighted by Crippen LogP contribution is -2.59. The fourth-order valence-corrected chi connectivity index (χ4v) is 4.26. The van der Waals surface area contributed by atoms with E-state index in [4.69, 9.17) is 10.5 Å². The zero-order valence-corrected chi connectivity index (χ0v) is 15.8. The van der Waals surface area contributed by atoms with Gasteiger partial charge in [-0.05, 0) is 47.9 Å². The Balaban J connectivity index is 0.00000196. The van der Waals surface area contributed by atoms with Gasteiger partial charge in [0.15, 0.2) is 0 Å². The van der Waals surface area contributed by atoms with Gasteiger partial charge in [-0.15, -0.1) is 12.4 Å². The van der Waals surface area contributed by atoms with Crippen LogP contribution in [0.1, 0.15) is 37.2 Å². The summed E-state index contributed by atoms with van der Waals surface area (Å²) >= 11 is 0. The van der Waals surface area contributed by atoms with Crippen LogP contribution in [0.4, 0.5) is 0 Å². The summed E-state index contributed by atoms with van der Waals surface area (Å²) in [5, 5.41) is 2.64. The number of carbonyl (C=O) groups is 1. The number of rotatable bonds is 2. The third-order valence-electron chi connectivity index (χ3n) is 5.86. The van der Waals surface area contributed by atoms with E-state index in [-0.39, 0.29) is 18.3 Å². The summed E-state index contributed by atoms with van der Waals surface area (Å²) in [6, 6.07) is 15.1. The fraction of sp³-hybridized carbons (Fsp3) is 0.476. The zero-order valence-electron chi connectivity index (χ0n) is 15.0. The quantitative estimate of drug-likeness (QED) is 0.875. The molecule has 1 amide bonds. The third-order valence-corrected chi connectivity index (χ3v) is 5.86. The van der Waals surface area contributed by atoms with Crippen LogP contribution in [0.25, 0.3) is 10.8 Å². The van der Waals surface area contributed by atoms with E-state index in [1.807, 2.05) is 4.90 Å². The molecule has 2 saturated heterocycles. The summed E-state index contributed by atoms with van der Waals surface area (Å²) in [5.74, 6) is 0.630. The number of hydrogen-bond acceptors (Lipinski definition) is 3. The van der Waals surface area contributed by atoms with Gasteiger partial charge in [0.05, 0.1) is 5.54 Å². The standard InChI is InChI=1S/C21H26N2O2.ClH/c22-21(10-14-25-15-11-21)20(24)23-12-8-17(9-13-23)19-7-3-5-16-4-1-2-6-18(16)19;/h1-7,17H,8-15,22H2;1H. The molecule has 0 spiro atoms. The summed E-state index contributed by atoms with van der Waals surface area (Å²) in [4.78, 5) is 14.9. The van der Waals surface area contributed by atoms with Crippen molar-refractivity contribution < 1.29 is 9.53 Å². The molecular weight excluding hydrogens is 348 g/mol. The number of piperidine rings is 1. The molecule has 2 aliphatic heterocycles. The zero-order chi connectivity index (χ0) is 17.3. The average Bonchev–Trinajstić information content (AvgIpc) is 2.68. The Kier molecular flexibility index (Phi) is 5.86. The number of benzene rings is 2. The normalized spacial score (nSPS) is 20.6. The SMILES string of the molecule is Cl.NC1(C(=O)N2CCC(c3cccc4ccccc34)CC2)CCOCC1. The van der Waals surface area contributed by atoms with Gasteiger partial charge in [0.1, 0.15) is 0 Å². The molecule has 0 saturated carbocycles. The molecule has 4 rings (SSSR count). The van der Waals surface area contributed by atoms with Gasteiger partial charge >= 0.3 is 0 Å². The molecule has 2 N–H and O–H groups in total. The predicted molar refractivity (Wildman–Crippen MR) is 107 cm³/mol. The van der Waals surface area contributed by atoms with Crippen molar-refractivity contribution >= 4 is 29.1 Å². The molecule has 0 unspecified atom stereocenters. The maximum Gasteiger partial charge on any atom is 0.242 e. The van der Waals surface area contributed by atoms with E-state index in [0.29, 0.717) is 32.0 Å². The molecule has 2 aromatic carbocycles. The van der Waals surface area contributed by atoms with Gasteiger partial charge in [0, 0.05) is 26.3 Å². The monoisotopic (exact) mass is 374 g/mol. The lowest BCUT2D eigenvalue weighted by molar-refractivity contribution is -0.141. The van der Waals surface area contributed by atoms with Gasteiger partial charge in [-0.2, -0.15) is 0 Å². The molecule has 0 radical (unpaired) electrons. The molecule has 0 atom stereocenters. The Morgan fingerprint density at radius 3 is 2.42 bits per heavy atom. The molecule has 26 heavy (non-hydrogen) atoms. The molecule has 4 nitrogen and oxygen atoms in total. The highest BCUT2D eigenvalue weighted by atomic mass is 35.5. The minimum absolute atomic E-state index is 0. The van der Waals surface area contributed by atoms with E-state index in [9.17, 15) is 4.79 Å². The Bertz CT molecular complexity index is 760. The van der Waals surface area contributed by atoms with Crippen molar-refractivity contribution in [3.8, 4) is 0 Å². The fourth-order valence-electron chi connectivity index (χ4n) is 4.26. The molecule has 2 heterocycles. The van der Waals surface area contributed by atoms with Crippen LogP contribution in [0.3, 0.4) is 0 Å². The molecule has 2 fully saturated rings. The minimum atomic E-state index is -0.718. The number of fused-ring (bicyclic) bond motifs is 1. The van der Waals surface area contributed by atoms with Crippen molar-refractivity contribution in [2.45, 2.75) is 37.1 Å². The van der Waals surface area contributed by atoms with Crippen molar-refractivity contribution in [2.75, 3.05) is 26.3 Å². The highest BCUT2D eigenvalue weighted by Crippen LogP contribution is 2.34. The van der Waals surface area contributed by atoms with Crippen LogP contribution in [0.2, 0.25) is 0 Å². The number of carbonyl (C=O) groups excluding carboxylic acids is 1. The number of ether oxygens (including phenoxy) is 1. The summed E-state index contributed by atoms with van der Waals surface area (Å²) in [7, 11) is 0. The maximum atomic E-state index is 12.9. The average molecular weight is 375 g/mol. The first-order valence-corrected chi connectivity index (χ1v) is 9.31. The van der Waals surface area contributed by atoms with Crippen molar-refractivity contribution in [3.05, 3.63) is 48.0 Å². The van der Waals surface area contributed by atoms with Crippen LogP contribution in [-0.4, -0.2) is 42.6 Å². The Labute approximate surface area is 161 Å². The van der Waals surface area contributed by atoms with Crippen LogP contribution in [0.15, 0.2) is 42.5 Å². The van der Waals surface area contributed by atoms with Gasteiger partial charge in [0.25, 0.3) is 0 Å². The van der Waals surface area contributed by atoms with Crippen LogP contribution in [0, 0.1) is 0 Å². The molecule has 140 valence electrons. The molecule has 5 heteroatoms. The first-order chi connectivity index (χ1) is 12.2. The lowest BCUT2D eigenvalue weighted by atomic mass is 9.84. The number of amides is 1. The van der Waals surface area contributed by atoms with E-state index in [1.54, 1.807) is 0 Å². The van der Waals surface area contributed by atoms with Crippen molar-refractivity contribution in [3.63, 3.8) is 0 Å². The summed E-state index contributed by atoms with van der Waals surface area (Å²) in [6.07, 6.45) is 3.28. The van der Waals surface area contributed by atoms with Gasteiger partial charge in [-0.25, -0.2) is 0 Å². The first-order valence-electron chi connectivity index (χ1n) is 9.31. The predicted octanol–water partition coefficient (Wildman–Crippen LogP) is 3.48. The van der Waals surface area contributed by atoms with Crippen LogP contribution in [0.5, 0.6) is 0 Å². The van der Waals surface area contributed by atoms with Crippen molar-refractivity contribution in [1.29, 1.82) is 0 Å². The Morgan fingerprint density at radius 2 is 1.69 bits per heavy atom. The Hall–Kier alpha value is -1.62. The third kappa shape index (κ3) is 3.59. The number of nitrogens with zero attached hydrogens (tertiary/aromatic N) is 1. The molecule has 0 bridgehead atoms. The van der Waals surface area contributed by atoms with E-state index < -0.39 is 5.54 Å². The molecule has 2 aromatic rings. The molecule has 0 aliphatic carbocycles. The van der Waals surface area contributed by atoms with Crippen molar-refractivity contribution in [2.24, 2.45) is 5.73 Å². The van der Waals surface area contributed by atoms with E-state index in [1.165, 1.54) is 16.3 Å². The van der Waals surface area contributed by atoms with Gasteiger partial charge in [0.2, 0.25) is 5.91 Å². The van der Waals surface area contributed by atoms with Crippen LogP contribution < -0.4 is 5.73 Å². The number of likely N-dealkylation sites (tertiary alicyclic amines) is 1. The van der Waals surface area contributed by atoms with Gasteiger partial charge in [-0.1, -0.05) is 42.5 Å². The Morgan fingerprint density at radius 1 is 1.04 bits per heavy atom. The van der Waals surface area contributed by atoms with Gasteiger partial charge in [-0.3, -0.25) is 4.79 Å². The van der Waals surface area contributed by atoms with E-state index in [0.717, 1.165) is 25.9 Å². The smallest absolute Gasteiger partial charge is 0.242 e. The molecular formula is C21H27ClN2O2. The second kappa shape index (κ2) is 7.95. The van der Waals surface area contributed by atoms with E-state index >= 15 is 0 Å².